The summed E-state index contributed by atoms with van der Waals surface area (Å²) in [5.74, 6) is -2.95. The highest BCUT2D eigenvalue weighted by Gasteiger charge is 2.47. The number of alkyl halides is 2. The summed E-state index contributed by atoms with van der Waals surface area (Å²) in [5, 5.41) is 16.9. The van der Waals surface area contributed by atoms with Crippen LogP contribution in [0.4, 0.5) is 14.6 Å². The number of carbonyl (C=O) groups is 1. The van der Waals surface area contributed by atoms with Crippen molar-refractivity contribution in [1.29, 1.82) is 5.26 Å². The Kier molecular flexibility index (Phi) is 7.67. The summed E-state index contributed by atoms with van der Waals surface area (Å²) in [6.07, 6.45) is 2.71. The summed E-state index contributed by atoms with van der Waals surface area (Å²) in [7, 11) is 0. The van der Waals surface area contributed by atoms with Crippen LogP contribution >= 0.6 is 0 Å². The van der Waals surface area contributed by atoms with Gasteiger partial charge in [-0.2, -0.15) is 5.26 Å². The molecule has 0 radical (unpaired) electrons. The fraction of sp³-hybridized carbons (Fsp3) is 0.531. The maximum Gasteiger partial charge on any atom is 0.276 e. The maximum absolute atomic E-state index is 15.8. The minimum Gasteiger partial charge on any atom is -0.363 e. The SMILES string of the molecule is Cc1nc2c3cc(C4(C#N)CC4)c(=O)n(c3n1)CCCNC(=O)CCN1CCC(CC1)C(F)(F)c1cccc(c1)[C@@H](C)N2. The molecular weight excluding hydrogens is 552 g/mol. The Morgan fingerprint density at radius 1 is 1.07 bits per heavy atom. The van der Waals surface area contributed by atoms with Gasteiger partial charge in [-0.15, -0.1) is 0 Å². The molecule has 1 amide bonds. The van der Waals surface area contributed by atoms with Crippen LogP contribution in [0, 0.1) is 24.2 Å². The van der Waals surface area contributed by atoms with Crippen LogP contribution in [-0.2, 0) is 22.7 Å². The zero-order chi connectivity index (χ0) is 30.4. The Balaban J connectivity index is 1.44. The number of anilines is 1. The molecular formula is C32H37F2N7O2. The van der Waals surface area contributed by atoms with E-state index in [0.717, 1.165) is 0 Å². The summed E-state index contributed by atoms with van der Waals surface area (Å²) >= 11 is 0. The van der Waals surface area contributed by atoms with Crippen molar-refractivity contribution in [3.63, 3.8) is 0 Å². The molecule has 1 atom stereocenters. The minimum absolute atomic E-state index is 0.00749. The first-order chi connectivity index (χ1) is 20.6. The van der Waals surface area contributed by atoms with Crippen LogP contribution in [0.2, 0.25) is 0 Å². The van der Waals surface area contributed by atoms with Crippen LogP contribution in [0.25, 0.3) is 11.0 Å². The molecule has 2 fully saturated rings. The van der Waals surface area contributed by atoms with Crippen LogP contribution in [0.3, 0.4) is 0 Å². The van der Waals surface area contributed by atoms with Crippen LogP contribution in [0.15, 0.2) is 35.1 Å². The highest BCUT2D eigenvalue weighted by Crippen LogP contribution is 2.47. The number of nitrogens with one attached hydrogen (secondary N) is 2. The van der Waals surface area contributed by atoms with Crippen molar-refractivity contribution in [3.8, 4) is 6.07 Å². The van der Waals surface area contributed by atoms with E-state index in [9.17, 15) is 14.9 Å². The third-order valence-corrected chi connectivity index (χ3v) is 9.30. The quantitative estimate of drug-likeness (QED) is 0.428. The van der Waals surface area contributed by atoms with E-state index >= 15 is 8.78 Å². The van der Waals surface area contributed by atoms with Crippen molar-refractivity contribution in [2.24, 2.45) is 5.92 Å². The number of hydrogen-bond donors (Lipinski definition) is 2. The second-order valence-electron chi connectivity index (χ2n) is 12.2. The number of halogens is 2. The molecule has 226 valence electrons. The van der Waals surface area contributed by atoms with Gasteiger partial charge in [0, 0.05) is 49.1 Å². The van der Waals surface area contributed by atoms with Gasteiger partial charge < -0.3 is 15.5 Å². The number of carbonyl (C=O) groups excluding carboxylic acids is 1. The number of benzene rings is 1. The van der Waals surface area contributed by atoms with Crippen LogP contribution in [0.1, 0.15) is 74.0 Å². The van der Waals surface area contributed by atoms with Gasteiger partial charge in [0.25, 0.3) is 11.5 Å². The third-order valence-electron chi connectivity index (χ3n) is 9.30. The zero-order valence-corrected chi connectivity index (χ0v) is 24.6. The van der Waals surface area contributed by atoms with E-state index < -0.39 is 17.3 Å². The predicted molar refractivity (Wildman–Crippen MR) is 159 cm³/mol. The molecule has 5 heterocycles. The van der Waals surface area contributed by atoms with Crippen LogP contribution in [-0.4, -0.2) is 51.5 Å². The van der Waals surface area contributed by atoms with Crippen molar-refractivity contribution < 1.29 is 13.6 Å². The lowest BCUT2D eigenvalue weighted by atomic mass is 9.85. The number of aromatic nitrogens is 3. The summed E-state index contributed by atoms with van der Waals surface area (Å²) in [4.78, 5) is 37.7. The van der Waals surface area contributed by atoms with E-state index in [2.05, 4.69) is 31.6 Å². The number of fused-ring (bicyclic) bond motifs is 9. The van der Waals surface area contributed by atoms with E-state index in [-0.39, 0.29) is 29.5 Å². The largest absolute Gasteiger partial charge is 0.363 e. The number of aryl methyl sites for hydroxylation is 2. The lowest BCUT2D eigenvalue weighted by Crippen LogP contribution is -2.41. The van der Waals surface area contributed by atoms with Crippen molar-refractivity contribution in [3.05, 3.63) is 63.2 Å². The van der Waals surface area contributed by atoms with E-state index in [0.29, 0.717) is 98.6 Å². The first-order valence-corrected chi connectivity index (χ1v) is 15.2. The van der Waals surface area contributed by atoms with Crippen molar-refractivity contribution in [2.45, 2.75) is 76.3 Å². The normalized spacial score (nSPS) is 25.3. The summed E-state index contributed by atoms with van der Waals surface area (Å²) < 4.78 is 33.2. The van der Waals surface area contributed by atoms with Crippen molar-refractivity contribution in [2.75, 3.05) is 31.5 Å². The Hall–Kier alpha value is -3.91. The van der Waals surface area contributed by atoms with Gasteiger partial charge >= 0.3 is 0 Å². The van der Waals surface area contributed by atoms with Gasteiger partial charge in [0.2, 0.25) is 5.91 Å². The van der Waals surface area contributed by atoms with Crippen LogP contribution < -0.4 is 16.2 Å². The van der Waals surface area contributed by atoms with E-state index in [4.69, 9.17) is 0 Å². The van der Waals surface area contributed by atoms with Gasteiger partial charge in [-0.05, 0) is 76.7 Å². The molecule has 1 saturated heterocycles. The predicted octanol–water partition coefficient (Wildman–Crippen LogP) is 4.54. The van der Waals surface area contributed by atoms with Gasteiger partial charge in [0.1, 0.15) is 17.3 Å². The highest BCUT2D eigenvalue weighted by atomic mass is 19.3. The highest BCUT2D eigenvalue weighted by molar-refractivity contribution is 5.88. The molecule has 3 aromatic rings. The van der Waals surface area contributed by atoms with Gasteiger partial charge in [-0.3, -0.25) is 14.2 Å². The Bertz CT molecular complexity index is 1650. The summed E-state index contributed by atoms with van der Waals surface area (Å²) in [6, 6.07) is 10.2. The molecule has 7 rings (SSSR count). The van der Waals surface area contributed by atoms with Gasteiger partial charge in [0.15, 0.2) is 0 Å². The second kappa shape index (κ2) is 11.3. The number of hydrogen-bond acceptors (Lipinski definition) is 7. The number of nitriles is 1. The number of rotatable bonds is 1. The molecule has 3 aliphatic heterocycles. The van der Waals surface area contributed by atoms with Crippen molar-refractivity contribution in [1.82, 2.24) is 24.8 Å². The fourth-order valence-corrected chi connectivity index (χ4v) is 6.45. The van der Waals surface area contributed by atoms with Crippen molar-refractivity contribution >= 4 is 22.8 Å². The first kappa shape index (κ1) is 29.2. The summed E-state index contributed by atoms with van der Waals surface area (Å²) in [5.41, 5.74) is 0.443. The average molecular weight is 590 g/mol. The zero-order valence-electron chi connectivity index (χ0n) is 24.6. The van der Waals surface area contributed by atoms with E-state index in [1.54, 1.807) is 29.7 Å². The molecule has 0 unspecified atom stereocenters. The number of nitrogens with zero attached hydrogens (tertiary/aromatic N) is 5. The molecule has 1 aromatic carbocycles. The molecule has 1 saturated carbocycles. The molecule has 11 heteroatoms. The van der Waals surface area contributed by atoms with E-state index in [1.165, 1.54) is 6.07 Å². The van der Waals surface area contributed by atoms with E-state index in [1.807, 2.05) is 13.0 Å². The standard InChI is InChI=1S/C32H37F2N7O2/c1-20-22-5-3-6-24(17-22)32(33,34)23-7-14-40(15-8-23)16-9-27(42)36-12-4-13-41-29-25(28(37-20)38-21(2)39-29)18-26(30(41)43)31(19-35)10-11-31/h3,5-6,17-18,20,23H,4,7-16H2,1-2H3,(H,36,42)(H,37,38,39)/t20-/m1/s1. The fourth-order valence-electron chi connectivity index (χ4n) is 6.45. The average Bonchev–Trinajstić information content (AvgIpc) is 3.80. The first-order valence-electron chi connectivity index (χ1n) is 15.2. The summed E-state index contributed by atoms with van der Waals surface area (Å²) in [6.45, 7) is 5.88. The molecule has 1 aliphatic carbocycles. The number of pyridine rings is 1. The molecule has 8 bridgehead atoms. The molecule has 4 aliphatic rings. The number of piperidine rings is 1. The maximum atomic E-state index is 15.8. The molecule has 2 aromatic heterocycles. The molecule has 0 spiro atoms. The third kappa shape index (κ3) is 5.60. The second-order valence-corrected chi connectivity index (χ2v) is 12.2. The topological polar surface area (TPSA) is 116 Å². The van der Waals surface area contributed by atoms with Gasteiger partial charge in [0.05, 0.1) is 16.9 Å². The lowest BCUT2D eigenvalue weighted by molar-refractivity contribution is -0.121. The number of amides is 1. The molecule has 43 heavy (non-hydrogen) atoms. The van der Waals surface area contributed by atoms with Gasteiger partial charge in [-0.1, -0.05) is 18.2 Å². The molecule has 9 nitrogen and oxygen atoms in total. The van der Waals surface area contributed by atoms with Crippen LogP contribution in [0.5, 0.6) is 0 Å². The van der Waals surface area contributed by atoms with Gasteiger partial charge in [-0.25, -0.2) is 18.7 Å². The Morgan fingerprint density at radius 2 is 1.84 bits per heavy atom. The lowest BCUT2D eigenvalue weighted by Gasteiger charge is -2.36. The minimum atomic E-state index is -2.99. The monoisotopic (exact) mass is 589 g/mol. The molecule has 2 N–H and O–H groups in total. The Labute approximate surface area is 249 Å². The Morgan fingerprint density at radius 3 is 2.56 bits per heavy atom. The smallest absolute Gasteiger partial charge is 0.276 e.